The van der Waals surface area contributed by atoms with Crippen LogP contribution in [-0.4, -0.2) is 56.2 Å². The molecule has 0 radical (unpaired) electrons. The van der Waals surface area contributed by atoms with Gasteiger partial charge in [-0.15, -0.1) is 0 Å². The number of aliphatic hydroxyl groups excluding tert-OH is 2. The zero-order valence-corrected chi connectivity index (χ0v) is 15.1. The second-order valence-electron chi connectivity index (χ2n) is 7.45. The van der Waals surface area contributed by atoms with Crippen molar-refractivity contribution < 1.29 is 30.0 Å². The minimum absolute atomic E-state index is 0.0682. The van der Waals surface area contributed by atoms with Crippen molar-refractivity contribution in [2.75, 3.05) is 6.61 Å². The molecular formula is C19H28O6. The highest BCUT2D eigenvalue weighted by molar-refractivity contribution is 5.99. The first kappa shape index (κ1) is 19.8. The first-order chi connectivity index (χ1) is 11.5. The Balaban J connectivity index is 2.21. The highest BCUT2D eigenvalue weighted by Gasteiger charge is 2.47. The van der Waals surface area contributed by atoms with Crippen molar-refractivity contribution in [1.82, 2.24) is 0 Å². The van der Waals surface area contributed by atoms with Crippen LogP contribution in [0, 0.1) is 11.8 Å². The third kappa shape index (κ3) is 3.87. The van der Waals surface area contributed by atoms with E-state index in [1.165, 1.54) is 26.0 Å². The standard InChI is InChI=1S/C19H28O6/c1-5-11(2)16(21)18(3,23)7-6-13-8-12-9-15(20)19(4,24)17(22)14(12)10-25-13/h6-9,11,14,16-17,21-24H,5,10H2,1-4H3/b7-6+/t11-,14+,16-,17-,18-,19+/m0/s1. The lowest BCUT2D eigenvalue weighted by atomic mass is 9.75. The Morgan fingerprint density at radius 3 is 2.72 bits per heavy atom. The van der Waals surface area contributed by atoms with Gasteiger partial charge in [0, 0.05) is 5.92 Å². The molecule has 0 saturated heterocycles. The van der Waals surface area contributed by atoms with Gasteiger partial charge in [0.2, 0.25) is 0 Å². The molecule has 0 unspecified atom stereocenters. The van der Waals surface area contributed by atoms with E-state index in [1.54, 1.807) is 12.2 Å². The fraction of sp³-hybridized carbons (Fsp3) is 0.632. The molecule has 6 nitrogen and oxygen atoms in total. The molecule has 0 aromatic carbocycles. The number of ether oxygens (including phenoxy) is 1. The van der Waals surface area contributed by atoms with Crippen molar-refractivity contribution in [2.45, 2.75) is 57.5 Å². The summed E-state index contributed by atoms with van der Waals surface area (Å²) in [4.78, 5) is 12.0. The number of carbonyl (C=O) groups excluding carboxylic acids is 1. The maximum absolute atomic E-state index is 12.0. The van der Waals surface area contributed by atoms with Crippen molar-refractivity contribution in [2.24, 2.45) is 11.8 Å². The van der Waals surface area contributed by atoms with E-state index in [-0.39, 0.29) is 12.5 Å². The number of carbonyl (C=O) groups is 1. The molecule has 6 heteroatoms. The van der Waals surface area contributed by atoms with Crippen molar-refractivity contribution >= 4 is 5.78 Å². The molecule has 1 heterocycles. The number of aliphatic hydroxyl groups is 4. The molecule has 2 aliphatic rings. The minimum atomic E-state index is -1.82. The number of allylic oxidation sites excluding steroid dienone is 2. The Bertz CT molecular complexity index is 613. The third-order valence-electron chi connectivity index (χ3n) is 5.29. The zero-order chi connectivity index (χ0) is 19.0. The van der Waals surface area contributed by atoms with E-state index < -0.39 is 35.1 Å². The SMILES string of the molecule is CC[C@H](C)[C@H](O)[C@@](C)(O)/C=C/C1=CC2=CC(=O)[C@@](C)(O)[C@@H](O)[C@@H]2CO1. The second-order valence-corrected chi connectivity index (χ2v) is 7.45. The van der Waals surface area contributed by atoms with E-state index in [9.17, 15) is 25.2 Å². The van der Waals surface area contributed by atoms with Crippen LogP contribution in [0.15, 0.2) is 35.6 Å². The van der Waals surface area contributed by atoms with Gasteiger partial charge >= 0.3 is 0 Å². The van der Waals surface area contributed by atoms with Crippen LogP contribution < -0.4 is 0 Å². The smallest absolute Gasteiger partial charge is 0.189 e. The van der Waals surface area contributed by atoms with Gasteiger partial charge in [-0.3, -0.25) is 4.79 Å². The Morgan fingerprint density at radius 1 is 1.48 bits per heavy atom. The molecule has 6 atom stereocenters. The summed E-state index contributed by atoms with van der Waals surface area (Å²) in [6.07, 6.45) is 4.51. The van der Waals surface area contributed by atoms with Crippen LogP contribution in [0.2, 0.25) is 0 Å². The van der Waals surface area contributed by atoms with Crippen LogP contribution in [0.1, 0.15) is 34.1 Å². The molecule has 140 valence electrons. The lowest BCUT2D eigenvalue weighted by Crippen LogP contribution is -2.54. The van der Waals surface area contributed by atoms with Gasteiger partial charge in [0.1, 0.15) is 11.4 Å². The summed E-state index contributed by atoms with van der Waals surface area (Å²) < 4.78 is 5.57. The van der Waals surface area contributed by atoms with E-state index in [4.69, 9.17) is 4.74 Å². The summed E-state index contributed by atoms with van der Waals surface area (Å²) in [6.45, 7) is 6.73. The lowest BCUT2D eigenvalue weighted by Gasteiger charge is -2.39. The van der Waals surface area contributed by atoms with Gasteiger partial charge in [-0.1, -0.05) is 20.3 Å². The fourth-order valence-corrected chi connectivity index (χ4v) is 3.10. The summed E-state index contributed by atoms with van der Waals surface area (Å²) >= 11 is 0. The largest absolute Gasteiger partial charge is 0.493 e. The molecule has 0 saturated carbocycles. The van der Waals surface area contributed by atoms with E-state index >= 15 is 0 Å². The molecule has 2 rings (SSSR count). The van der Waals surface area contributed by atoms with Crippen LogP contribution in [0.4, 0.5) is 0 Å². The van der Waals surface area contributed by atoms with Gasteiger partial charge in [0.05, 0.1) is 18.8 Å². The predicted octanol–water partition coefficient (Wildman–Crippen LogP) is 0.852. The molecule has 1 aliphatic carbocycles. The Morgan fingerprint density at radius 2 is 2.12 bits per heavy atom. The number of ketones is 1. The summed E-state index contributed by atoms with van der Waals surface area (Å²) in [7, 11) is 0. The molecule has 0 bridgehead atoms. The summed E-state index contributed by atoms with van der Waals surface area (Å²) in [5, 5.41) is 40.9. The predicted molar refractivity (Wildman–Crippen MR) is 92.5 cm³/mol. The second kappa shape index (κ2) is 7.03. The maximum atomic E-state index is 12.0. The number of fused-ring (bicyclic) bond motifs is 1. The summed E-state index contributed by atoms with van der Waals surface area (Å²) in [6, 6.07) is 0. The van der Waals surface area contributed by atoms with Crippen LogP contribution in [-0.2, 0) is 9.53 Å². The average molecular weight is 352 g/mol. The third-order valence-corrected chi connectivity index (χ3v) is 5.29. The van der Waals surface area contributed by atoms with E-state index in [0.29, 0.717) is 11.3 Å². The van der Waals surface area contributed by atoms with Gasteiger partial charge in [-0.2, -0.15) is 0 Å². The lowest BCUT2D eigenvalue weighted by molar-refractivity contribution is -0.150. The first-order valence-electron chi connectivity index (χ1n) is 8.61. The molecule has 0 aromatic heterocycles. The van der Waals surface area contributed by atoms with Crippen LogP contribution in [0.25, 0.3) is 0 Å². The van der Waals surface area contributed by atoms with E-state index in [1.807, 2.05) is 13.8 Å². The Kier molecular flexibility index (Phi) is 5.59. The molecule has 0 aromatic rings. The minimum Gasteiger partial charge on any atom is -0.493 e. The molecule has 25 heavy (non-hydrogen) atoms. The van der Waals surface area contributed by atoms with Gasteiger partial charge in [0.15, 0.2) is 11.4 Å². The first-order valence-corrected chi connectivity index (χ1v) is 8.61. The zero-order valence-electron chi connectivity index (χ0n) is 15.1. The van der Waals surface area contributed by atoms with Gasteiger partial charge in [0.25, 0.3) is 0 Å². The topological polar surface area (TPSA) is 107 Å². The van der Waals surface area contributed by atoms with Crippen molar-refractivity contribution in [3.05, 3.63) is 35.6 Å². The summed E-state index contributed by atoms with van der Waals surface area (Å²) in [5.74, 6) is -0.690. The molecule has 1 aliphatic heterocycles. The van der Waals surface area contributed by atoms with Crippen LogP contribution in [0.3, 0.4) is 0 Å². The Labute approximate surface area is 148 Å². The average Bonchev–Trinajstić information content (AvgIpc) is 2.57. The molecule has 0 fully saturated rings. The highest BCUT2D eigenvalue weighted by atomic mass is 16.5. The van der Waals surface area contributed by atoms with Crippen molar-refractivity contribution in [3.8, 4) is 0 Å². The molecule has 4 N–H and O–H groups in total. The van der Waals surface area contributed by atoms with E-state index in [2.05, 4.69) is 0 Å². The maximum Gasteiger partial charge on any atom is 0.189 e. The number of hydrogen-bond acceptors (Lipinski definition) is 6. The number of rotatable bonds is 5. The van der Waals surface area contributed by atoms with Crippen LogP contribution >= 0.6 is 0 Å². The molecular weight excluding hydrogens is 324 g/mol. The van der Waals surface area contributed by atoms with Gasteiger partial charge in [-0.05, 0) is 49.6 Å². The normalized spacial score (nSPS) is 34.5. The van der Waals surface area contributed by atoms with E-state index in [0.717, 1.165) is 6.42 Å². The molecule has 0 spiro atoms. The molecule has 0 amide bonds. The van der Waals surface area contributed by atoms with Gasteiger partial charge in [-0.25, -0.2) is 0 Å². The Hall–Kier alpha value is -1.47. The highest BCUT2D eigenvalue weighted by Crippen LogP contribution is 2.35. The summed E-state index contributed by atoms with van der Waals surface area (Å²) in [5.41, 5.74) is -2.66. The fourth-order valence-electron chi connectivity index (χ4n) is 3.10. The number of hydrogen-bond donors (Lipinski definition) is 4. The monoisotopic (exact) mass is 352 g/mol. The van der Waals surface area contributed by atoms with Gasteiger partial charge < -0.3 is 25.2 Å². The van der Waals surface area contributed by atoms with Crippen LogP contribution in [0.5, 0.6) is 0 Å². The quantitative estimate of drug-likeness (QED) is 0.584. The van der Waals surface area contributed by atoms with Crippen molar-refractivity contribution in [1.29, 1.82) is 0 Å². The van der Waals surface area contributed by atoms with Crippen molar-refractivity contribution in [3.63, 3.8) is 0 Å².